The molecule has 0 aliphatic heterocycles. The van der Waals surface area contributed by atoms with Crippen molar-refractivity contribution >= 4 is 35.1 Å². The van der Waals surface area contributed by atoms with Crippen LogP contribution in [0.4, 0.5) is 5.69 Å². The van der Waals surface area contributed by atoms with Crippen molar-refractivity contribution in [1.29, 1.82) is 0 Å². The van der Waals surface area contributed by atoms with Crippen LogP contribution in [-0.4, -0.2) is 24.5 Å². The van der Waals surface area contributed by atoms with Crippen LogP contribution in [0, 0.1) is 13.8 Å². The number of ether oxygens (including phenoxy) is 1. The summed E-state index contributed by atoms with van der Waals surface area (Å²) in [5.41, 5.74) is 0.770. The number of halogens is 1. The van der Waals surface area contributed by atoms with Gasteiger partial charge in [0.1, 0.15) is 5.75 Å². The van der Waals surface area contributed by atoms with E-state index in [9.17, 15) is 24.6 Å². The summed E-state index contributed by atoms with van der Waals surface area (Å²) in [5, 5.41) is 24.9. The smallest absolute Gasteiger partial charge is 0.262 e. The molecular formula is C18H14ClNO6-2. The Morgan fingerprint density at radius 3 is 1.92 bits per heavy atom. The molecule has 7 nitrogen and oxygen atoms in total. The summed E-state index contributed by atoms with van der Waals surface area (Å²) in [5.74, 6) is -3.31. The highest BCUT2D eigenvalue weighted by molar-refractivity contribution is 6.32. The van der Waals surface area contributed by atoms with Crippen LogP contribution in [0.2, 0.25) is 5.02 Å². The van der Waals surface area contributed by atoms with E-state index in [1.54, 1.807) is 26.0 Å². The molecule has 0 aliphatic rings. The molecule has 2 aromatic rings. The predicted octanol–water partition coefficient (Wildman–Crippen LogP) is 0.701. The molecule has 136 valence electrons. The molecule has 0 saturated heterocycles. The van der Waals surface area contributed by atoms with Crippen LogP contribution in [0.5, 0.6) is 5.75 Å². The zero-order chi connectivity index (χ0) is 19.4. The summed E-state index contributed by atoms with van der Waals surface area (Å²) in [7, 11) is 0. The van der Waals surface area contributed by atoms with Gasteiger partial charge in [0, 0.05) is 10.7 Å². The van der Waals surface area contributed by atoms with Crippen molar-refractivity contribution in [2.45, 2.75) is 13.8 Å². The highest BCUT2D eigenvalue weighted by atomic mass is 35.5. The molecule has 0 heterocycles. The number of rotatable bonds is 6. The molecule has 0 unspecified atom stereocenters. The van der Waals surface area contributed by atoms with E-state index < -0.39 is 29.0 Å². The van der Waals surface area contributed by atoms with Gasteiger partial charge in [-0.3, -0.25) is 4.79 Å². The second kappa shape index (κ2) is 7.88. The molecule has 8 heteroatoms. The Morgan fingerprint density at radius 1 is 0.962 bits per heavy atom. The van der Waals surface area contributed by atoms with E-state index in [4.69, 9.17) is 16.3 Å². The molecule has 1 N–H and O–H groups in total. The van der Waals surface area contributed by atoms with Gasteiger partial charge in [-0.05, 0) is 66.4 Å². The third-order valence-electron chi connectivity index (χ3n) is 3.47. The molecule has 0 saturated carbocycles. The Bertz CT molecular complexity index is 838. The zero-order valence-electron chi connectivity index (χ0n) is 13.9. The van der Waals surface area contributed by atoms with Crippen LogP contribution < -0.4 is 20.3 Å². The molecular weight excluding hydrogens is 362 g/mol. The molecule has 1 amide bonds. The average molecular weight is 376 g/mol. The number of aromatic carboxylic acids is 2. The Balaban J connectivity index is 2.10. The van der Waals surface area contributed by atoms with Crippen LogP contribution in [0.3, 0.4) is 0 Å². The van der Waals surface area contributed by atoms with E-state index in [1.165, 1.54) is 0 Å². The lowest BCUT2D eigenvalue weighted by Gasteiger charge is -2.13. The predicted molar refractivity (Wildman–Crippen MR) is 90.2 cm³/mol. The van der Waals surface area contributed by atoms with Crippen molar-refractivity contribution in [3.8, 4) is 5.75 Å². The van der Waals surface area contributed by atoms with Gasteiger partial charge in [-0.2, -0.15) is 0 Å². The molecule has 2 rings (SSSR count). The minimum absolute atomic E-state index is 0.0250. The van der Waals surface area contributed by atoms with E-state index in [1.807, 2.05) is 0 Å². The van der Waals surface area contributed by atoms with Crippen molar-refractivity contribution < 1.29 is 29.3 Å². The number of benzene rings is 2. The third kappa shape index (κ3) is 4.73. The van der Waals surface area contributed by atoms with Gasteiger partial charge in [0.05, 0.1) is 11.9 Å². The lowest BCUT2D eigenvalue weighted by atomic mass is 10.1. The standard InChI is InChI=1S/C18H16ClNO6/c1-9-3-14(4-10(2)16(9)19)26-8-15(21)20-13-6-11(17(22)23)5-12(7-13)18(24)25/h3-7H,8H2,1-2H3,(H,20,21)(H,22,23)(H,24,25)/p-2. The second-order valence-electron chi connectivity index (χ2n) is 5.58. The van der Waals surface area contributed by atoms with Crippen molar-refractivity contribution in [3.05, 3.63) is 57.6 Å². The number of carbonyl (C=O) groups excluding carboxylic acids is 3. The number of aryl methyl sites for hydroxylation is 2. The van der Waals surface area contributed by atoms with Crippen LogP contribution in [0.15, 0.2) is 30.3 Å². The summed E-state index contributed by atoms with van der Waals surface area (Å²) in [6.07, 6.45) is 0. The van der Waals surface area contributed by atoms with Crippen LogP contribution in [0.1, 0.15) is 31.8 Å². The maximum absolute atomic E-state index is 12.0. The number of anilines is 1. The number of hydrogen-bond acceptors (Lipinski definition) is 6. The lowest BCUT2D eigenvalue weighted by Crippen LogP contribution is -2.27. The summed E-state index contributed by atoms with van der Waals surface area (Å²) >= 11 is 6.06. The molecule has 0 radical (unpaired) electrons. The molecule has 2 aromatic carbocycles. The van der Waals surface area contributed by atoms with Crippen molar-refractivity contribution in [2.24, 2.45) is 0 Å². The maximum Gasteiger partial charge on any atom is 0.262 e. The highest BCUT2D eigenvalue weighted by Crippen LogP contribution is 2.25. The van der Waals surface area contributed by atoms with Gasteiger partial charge in [-0.15, -0.1) is 0 Å². The molecule has 0 spiro atoms. The molecule has 0 aliphatic carbocycles. The number of nitrogens with one attached hydrogen (secondary N) is 1. The van der Waals surface area contributed by atoms with Gasteiger partial charge >= 0.3 is 0 Å². The van der Waals surface area contributed by atoms with E-state index in [0.29, 0.717) is 10.8 Å². The zero-order valence-corrected chi connectivity index (χ0v) is 14.7. The van der Waals surface area contributed by atoms with E-state index in [0.717, 1.165) is 29.3 Å². The average Bonchev–Trinajstić information content (AvgIpc) is 2.57. The van der Waals surface area contributed by atoms with E-state index in [2.05, 4.69) is 5.32 Å². The fourth-order valence-corrected chi connectivity index (χ4v) is 2.38. The van der Waals surface area contributed by atoms with Gasteiger partial charge in [-0.25, -0.2) is 0 Å². The highest BCUT2D eigenvalue weighted by Gasteiger charge is 2.09. The SMILES string of the molecule is Cc1cc(OCC(=O)Nc2cc(C(=O)[O-])cc(C(=O)[O-])c2)cc(C)c1Cl. The second-order valence-corrected chi connectivity index (χ2v) is 5.96. The summed E-state index contributed by atoms with van der Waals surface area (Å²) < 4.78 is 5.38. The normalized spacial score (nSPS) is 10.3. The molecule has 0 bridgehead atoms. The van der Waals surface area contributed by atoms with Gasteiger partial charge in [0.2, 0.25) is 0 Å². The van der Waals surface area contributed by atoms with Gasteiger partial charge < -0.3 is 29.9 Å². The monoisotopic (exact) mass is 375 g/mol. The fraction of sp³-hybridized carbons (Fsp3) is 0.167. The molecule has 26 heavy (non-hydrogen) atoms. The number of amides is 1. The molecule has 0 atom stereocenters. The Labute approximate surface area is 154 Å². The Hall–Kier alpha value is -3.06. The molecule has 0 aromatic heterocycles. The quantitative estimate of drug-likeness (QED) is 0.793. The molecule has 0 fully saturated rings. The first-order valence-electron chi connectivity index (χ1n) is 7.44. The summed E-state index contributed by atoms with van der Waals surface area (Å²) in [6, 6.07) is 6.39. The van der Waals surface area contributed by atoms with Gasteiger partial charge in [0.25, 0.3) is 5.91 Å². The van der Waals surface area contributed by atoms with Gasteiger partial charge in [0.15, 0.2) is 6.61 Å². The minimum atomic E-state index is -1.58. The van der Waals surface area contributed by atoms with E-state index in [-0.39, 0.29) is 12.3 Å². The van der Waals surface area contributed by atoms with Crippen LogP contribution in [-0.2, 0) is 4.79 Å². The van der Waals surface area contributed by atoms with Crippen LogP contribution in [0.25, 0.3) is 0 Å². The maximum atomic E-state index is 12.0. The van der Waals surface area contributed by atoms with Crippen molar-refractivity contribution in [3.63, 3.8) is 0 Å². The first-order chi connectivity index (χ1) is 12.2. The van der Waals surface area contributed by atoms with Crippen molar-refractivity contribution in [2.75, 3.05) is 11.9 Å². The van der Waals surface area contributed by atoms with Gasteiger partial charge in [-0.1, -0.05) is 11.6 Å². The number of hydrogen-bond donors (Lipinski definition) is 1. The van der Waals surface area contributed by atoms with Crippen molar-refractivity contribution in [1.82, 2.24) is 0 Å². The number of carbonyl (C=O) groups is 3. The largest absolute Gasteiger partial charge is 0.545 e. The Kier molecular flexibility index (Phi) is 5.84. The van der Waals surface area contributed by atoms with E-state index >= 15 is 0 Å². The third-order valence-corrected chi connectivity index (χ3v) is 4.06. The fourth-order valence-electron chi connectivity index (χ4n) is 2.27. The first-order valence-corrected chi connectivity index (χ1v) is 7.82. The Morgan fingerprint density at radius 2 is 1.46 bits per heavy atom. The minimum Gasteiger partial charge on any atom is -0.545 e. The lowest BCUT2D eigenvalue weighted by molar-refractivity contribution is -0.255. The summed E-state index contributed by atoms with van der Waals surface area (Å²) in [4.78, 5) is 33.9. The number of carboxylic acid groups (broad SMARTS) is 2. The number of carboxylic acids is 2. The summed E-state index contributed by atoms with van der Waals surface area (Å²) in [6.45, 7) is 3.24. The topological polar surface area (TPSA) is 119 Å². The first kappa shape index (κ1) is 19.3. The van der Waals surface area contributed by atoms with Crippen LogP contribution >= 0.6 is 11.6 Å².